The van der Waals surface area contributed by atoms with E-state index in [0.717, 1.165) is 97.9 Å². The molecule has 4 aromatic carbocycles. The number of hydrogen-bond donors (Lipinski definition) is 3. The number of benzene rings is 4. The molecule has 7 rings (SSSR count). The van der Waals surface area contributed by atoms with E-state index in [1.165, 1.54) is 29.2 Å². The number of aromatic nitrogens is 1. The molecule has 12 heteroatoms. The molecular formula is C46H55ClN6O4S. The third-order valence-corrected chi connectivity index (χ3v) is 12.9. The van der Waals surface area contributed by atoms with Crippen molar-refractivity contribution in [1.29, 1.82) is 0 Å². The van der Waals surface area contributed by atoms with Crippen LogP contribution in [0.1, 0.15) is 61.0 Å². The monoisotopic (exact) mass is 822 g/mol. The van der Waals surface area contributed by atoms with Gasteiger partial charge in [-0.2, -0.15) is 0 Å². The normalized spacial score (nSPS) is 16.2. The van der Waals surface area contributed by atoms with Crippen molar-refractivity contribution in [3.63, 3.8) is 0 Å². The van der Waals surface area contributed by atoms with Crippen LogP contribution in [-0.2, 0) is 10.0 Å². The summed E-state index contributed by atoms with van der Waals surface area (Å²) in [5.74, 6) is 0.0660. The number of carbonyl (C=O) groups excluding carboxylic acids is 1. The van der Waals surface area contributed by atoms with Crippen LogP contribution in [-0.4, -0.2) is 89.0 Å². The highest BCUT2D eigenvalue weighted by molar-refractivity contribution is 7.90. The van der Waals surface area contributed by atoms with E-state index in [9.17, 15) is 13.2 Å². The Kier molecular flexibility index (Phi) is 12.5. The summed E-state index contributed by atoms with van der Waals surface area (Å²) in [6.07, 6.45) is 6.08. The van der Waals surface area contributed by atoms with Gasteiger partial charge in [0.15, 0.2) is 0 Å². The fourth-order valence-corrected chi connectivity index (χ4v) is 9.17. The highest BCUT2D eigenvalue weighted by atomic mass is 35.5. The van der Waals surface area contributed by atoms with Crippen molar-refractivity contribution < 1.29 is 17.9 Å². The van der Waals surface area contributed by atoms with Crippen molar-refractivity contribution in [2.75, 3.05) is 70.1 Å². The van der Waals surface area contributed by atoms with Crippen LogP contribution in [0.15, 0.2) is 102 Å². The maximum Gasteiger partial charge on any atom is 0.268 e. The van der Waals surface area contributed by atoms with Gasteiger partial charge in [-0.1, -0.05) is 49.2 Å². The van der Waals surface area contributed by atoms with Gasteiger partial charge in [-0.25, -0.2) is 13.1 Å². The fourth-order valence-electron chi connectivity index (χ4n) is 8.00. The number of aryl methyl sites for hydroxylation is 1. The predicted octanol–water partition coefficient (Wildman–Crippen LogP) is 9.19. The molecule has 0 bridgehead atoms. The largest absolute Gasteiger partial charge is 0.456 e. The molecule has 1 aromatic heterocycles. The molecule has 1 saturated heterocycles. The molecule has 0 radical (unpaired) electrons. The Morgan fingerprint density at radius 2 is 1.72 bits per heavy atom. The molecule has 0 atom stereocenters. The van der Waals surface area contributed by atoms with Crippen molar-refractivity contribution in [3.8, 4) is 11.5 Å². The van der Waals surface area contributed by atoms with Crippen LogP contribution in [0.5, 0.6) is 11.5 Å². The lowest BCUT2D eigenvalue weighted by Crippen LogP contribution is -2.47. The first-order chi connectivity index (χ1) is 27.7. The molecule has 1 amide bonds. The van der Waals surface area contributed by atoms with E-state index in [1.807, 2.05) is 75.7 Å². The lowest BCUT2D eigenvalue weighted by Gasteiger charge is -2.39. The topological polar surface area (TPSA) is 110 Å². The zero-order chi connectivity index (χ0) is 41.0. The highest BCUT2D eigenvalue weighted by Gasteiger charge is 2.30. The Bertz CT molecular complexity index is 2400. The number of amides is 1. The predicted molar refractivity (Wildman–Crippen MR) is 237 cm³/mol. The molecule has 58 heavy (non-hydrogen) atoms. The van der Waals surface area contributed by atoms with Gasteiger partial charge < -0.3 is 24.8 Å². The number of nitrogens with zero attached hydrogens (tertiary/aromatic N) is 3. The molecule has 1 aliphatic carbocycles. The molecule has 306 valence electrons. The SMILES string of the molecule is Cc1cc(S(=O)(=O)NC(=O)c2ccc(N3CCN(CC4=C(c5ccc(Cl)cc5)CC(C)(C)CC4)CC3)cc2Oc2cccc3[nH]ccc23)ccc1NCCCN(C)C. The molecule has 5 aromatic rings. The van der Waals surface area contributed by atoms with E-state index < -0.39 is 15.9 Å². The van der Waals surface area contributed by atoms with Crippen LogP contribution in [0.4, 0.5) is 11.4 Å². The summed E-state index contributed by atoms with van der Waals surface area (Å²) in [6, 6.07) is 26.1. The Hall–Kier alpha value is -4.81. The first kappa shape index (κ1) is 41.4. The zero-order valence-corrected chi connectivity index (χ0v) is 35.8. The minimum atomic E-state index is -4.20. The summed E-state index contributed by atoms with van der Waals surface area (Å²) in [5, 5.41) is 4.98. The van der Waals surface area contributed by atoms with Crippen molar-refractivity contribution in [1.82, 2.24) is 19.5 Å². The molecule has 0 saturated carbocycles. The van der Waals surface area contributed by atoms with Gasteiger partial charge in [-0.15, -0.1) is 0 Å². The van der Waals surface area contributed by atoms with Crippen LogP contribution in [0, 0.1) is 12.3 Å². The van der Waals surface area contributed by atoms with E-state index >= 15 is 0 Å². The summed E-state index contributed by atoms with van der Waals surface area (Å²) in [7, 11) is -0.137. The van der Waals surface area contributed by atoms with E-state index in [2.05, 4.69) is 55.7 Å². The van der Waals surface area contributed by atoms with Gasteiger partial charge >= 0.3 is 0 Å². The number of hydrogen-bond acceptors (Lipinski definition) is 8. The van der Waals surface area contributed by atoms with Gasteiger partial charge in [0.05, 0.1) is 10.5 Å². The number of ether oxygens (including phenoxy) is 1. The second-order valence-corrected chi connectivity index (χ2v) is 18.8. The second kappa shape index (κ2) is 17.6. The maximum atomic E-state index is 13.9. The number of carbonyl (C=O) groups is 1. The van der Waals surface area contributed by atoms with Gasteiger partial charge in [0.1, 0.15) is 11.5 Å². The van der Waals surface area contributed by atoms with E-state index in [-0.39, 0.29) is 21.6 Å². The number of sulfonamides is 1. The maximum absolute atomic E-state index is 13.9. The lowest BCUT2D eigenvalue weighted by atomic mass is 9.72. The van der Waals surface area contributed by atoms with Crippen LogP contribution in [0.3, 0.4) is 0 Å². The molecule has 0 spiro atoms. The van der Waals surface area contributed by atoms with Crippen molar-refractivity contribution in [2.24, 2.45) is 5.41 Å². The van der Waals surface area contributed by atoms with Gasteiger partial charge in [0.2, 0.25) is 0 Å². The third-order valence-electron chi connectivity index (χ3n) is 11.3. The number of fused-ring (bicyclic) bond motifs is 1. The summed E-state index contributed by atoms with van der Waals surface area (Å²) in [5.41, 5.74) is 8.01. The average molecular weight is 824 g/mol. The van der Waals surface area contributed by atoms with E-state index in [1.54, 1.807) is 18.2 Å². The Labute approximate surface area is 348 Å². The summed E-state index contributed by atoms with van der Waals surface area (Å²) < 4.78 is 36.1. The van der Waals surface area contributed by atoms with Crippen LogP contribution < -0.4 is 19.7 Å². The van der Waals surface area contributed by atoms with Crippen molar-refractivity contribution in [3.05, 3.63) is 118 Å². The quantitative estimate of drug-likeness (QED) is 0.0952. The van der Waals surface area contributed by atoms with E-state index in [0.29, 0.717) is 5.75 Å². The zero-order valence-electron chi connectivity index (χ0n) is 34.2. The van der Waals surface area contributed by atoms with Gasteiger partial charge in [-0.05, 0) is 136 Å². The lowest BCUT2D eigenvalue weighted by molar-refractivity contribution is 0.0979. The molecule has 10 nitrogen and oxygen atoms in total. The van der Waals surface area contributed by atoms with Gasteiger partial charge in [0, 0.05) is 78.8 Å². The van der Waals surface area contributed by atoms with Crippen LogP contribution in [0.25, 0.3) is 16.5 Å². The standard InChI is InChI=1S/C46H55ClN6O4S/c1-32-28-37(15-17-41(32)48-21-7-23-51(4)5)58(55,56)50-45(54)39-16-14-36(29-44(39)57-43-9-6-8-42-38(43)19-22-49-42)53-26-24-52(25-27-53)31-34-18-20-46(2,3)30-40(34)33-10-12-35(47)13-11-33/h6,8-17,19,22,28-29,48-49H,7,18,20-21,23-27,30-31H2,1-5H3,(H,50,54). The molecule has 2 heterocycles. The molecule has 3 N–H and O–H groups in total. The van der Waals surface area contributed by atoms with Crippen LogP contribution >= 0.6 is 11.6 Å². The fraction of sp³-hybridized carbons (Fsp3) is 0.370. The Morgan fingerprint density at radius 1 is 0.948 bits per heavy atom. The van der Waals surface area contributed by atoms with Crippen LogP contribution in [0.2, 0.25) is 5.02 Å². The second-order valence-electron chi connectivity index (χ2n) is 16.7. The summed E-state index contributed by atoms with van der Waals surface area (Å²) >= 11 is 6.25. The first-order valence-corrected chi connectivity index (χ1v) is 22.0. The average Bonchev–Trinajstić information content (AvgIpc) is 3.68. The van der Waals surface area contributed by atoms with Gasteiger partial charge in [-0.3, -0.25) is 9.69 Å². The summed E-state index contributed by atoms with van der Waals surface area (Å²) in [4.78, 5) is 24.1. The summed E-state index contributed by atoms with van der Waals surface area (Å²) in [6.45, 7) is 12.5. The molecule has 2 aliphatic rings. The third kappa shape index (κ3) is 9.89. The first-order valence-electron chi connectivity index (χ1n) is 20.1. The van der Waals surface area contributed by atoms with Crippen molar-refractivity contribution in [2.45, 2.75) is 51.3 Å². The minimum absolute atomic E-state index is 0.0132. The number of anilines is 2. The smallest absolute Gasteiger partial charge is 0.268 e. The highest BCUT2D eigenvalue weighted by Crippen LogP contribution is 2.43. The number of halogens is 1. The number of nitrogens with one attached hydrogen (secondary N) is 3. The molecular weight excluding hydrogens is 768 g/mol. The Morgan fingerprint density at radius 3 is 2.47 bits per heavy atom. The van der Waals surface area contributed by atoms with Gasteiger partial charge in [0.25, 0.3) is 15.9 Å². The van der Waals surface area contributed by atoms with Crippen molar-refractivity contribution >= 4 is 55.4 Å². The number of rotatable bonds is 14. The molecule has 1 aliphatic heterocycles. The Balaban J connectivity index is 1.09. The number of allylic oxidation sites excluding steroid dienone is 1. The molecule has 1 fully saturated rings. The number of H-pyrrole nitrogens is 1. The number of piperazine rings is 1. The number of aromatic amines is 1. The van der Waals surface area contributed by atoms with E-state index in [4.69, 9.17) is 16.3 Å². The minimum Gasteiger partial charge on any atom is -0.456 e. The molecule has 0 unspecified atom stereocenters.